The van der Waals surface area contributed by atoms with Crippen LogP contribution in [0.1, 0.15) is 45.1 Å². The van der Waals surface area contributed by atoms with Crippen LogP contribution in [0.5, 0.6) is 0 Å². The molecule has 2 rings (SSSR count). The van der Waals surface area contributed by atoms with Gasteiger partial charge >= 0.3 is 0 Å². The molecule has 3 heteroatoms. The topological polar surface area (TPSA) is 20.2 Å². The van der Waals surface area contributed by atoms with Crippen molar-refractivity contribution >= 4 is 15.9 Å². The van der Waals surface area contributed by atoms with E-state index in [0.717, 1.165) is 22.9 Å². The van der Waals surface area contributed by atoms with Crippen molar-refractivity contribution in [3.63, 3.8) is 0 Å². The van der Waals surface area contributed by atoms with Gasteiger partial charge in [0.25, 0.3) is 0 Å². The van der Waals surface area contributed by atoms with Crippen LogP contribution in [0.25, 0.3) is 0 Å². The highest BCUT2D eigenvalue weighted by Crippen LogP contribution is 2.39. The molecule has 0 radical (unpaired) electrons. The summed E-state index contributed by atoms with van der Waals surface area (Å²) in [5, 5.41) is 10.4. The zero-order valence-electron chi connectivity index (χ0n) is 11.6. The summed E-state index contributed by atoms with van der Waals surface area (Å²) in [4.78, 5) is 0. The lowest BCUT2D eigenvalue weighted by Crippen LogP contribution is -2.30. The van der Waals surface area contributed by atoms with E-state index in [1.165, 1.54) is 25.0 Å². The molecule has 1 N–H and O–H groups in total. The van der Waals surface area contributed by atoms with Gasteiger partial charge in [0.2, 0.25) is 0 Å². The number of hydrogen-bond donors (Lipinski definition) is 1. The van der Waals surface area contributed by atoms with Gasteiger partial charge in [-0.15, -0.1) is 0 Å². The molecule has 0 amide bonds. The third kappa shape index (κ3) is 4.03. The van der Waals surface area contributed by atoms with Crippen molar-refractivity contribution in [2.24, 2.45) is 11.3 Å². The first-order chi connectivity index (χ1) is 8.87. The molecule has 1 fully saturated rings. The van der Waals surface area contributed by atoms with E-state index in [0.29, 0.717) is 17.8 Å². The Morgan fingerprint density at radius 2 is 2.00 bits per heavy atom. The molecule has 0 saturated heterocycles. The van der Waals surface area contributed by atoms with Crippen LogP contribution in [0, 0.1) is 17.2 Å². The fourth-order valence-electron chi connectivity index (χ4n) is 2.90. The largest absolute Gasteiger partial charge is 0.392 e. The Balaban J connectivity index is 1.98. The van der Waals surface area contributed by atoms with Crippen molar-refractivity contribution in [2.75, 3.05) is 0 Å². The summed E-state index contributed by atoms with van der Waals surface area (Å²) in [7, 11) is 0. The molecule has 0 heterocycles. The highest BCUT2D eigenvalue weighted by molar-refractivity contribution is 9.10. The number of hydrogen-bond acceptors (Lipinski definition) is 1. The minimum Gasteiger partial charge on any atom is -0.392 e. The van der Waals surface area contributed by atoms with Gasteiger partial charge in [0, 0.05) is 4.47 Å². The van der Waals surface area contributed by atoms with E-state index in [1.54, 1.807) is 6.07 Å². The van der Waals surface area contributed by atoms with Crippen LogP contribution in [0.4, 0.5) is 4.39 Å². The Morgan fingerprint density at radius 3 is 2.63 bits per heavy atom. The molecular formula is C16H22BrFO. The summed E-state index contributed by atoms with van der Waals surface area (Å²) >= 11 is 3.42. The Morgan fingerprint density at radius 1 is 1.37 bits per heavy atom. The molecule has 0 spiro atoms. The SMILES string of the molecule is CC1(C)CCC(C(O)Cc2cc(F)ccc2Br)CC1. The standard InChI is InChI=1S/C16H22BrFO/c1-16(2)7-5-11(6-8-16)15(19)10-12-9-13(18)3-4-14(12)17/h3-4,9,11,15,19H,5-8,10H2,1-2H3. The van der Waals surface area contributed by atoms with Crippen molar-refractivity contribution in [1.82, 2.24) is 0 Å². The predicted molar refractivity (Wildman–Crippen MR) is 79.5 cm³/mol. The molecule has 1 aromatic rings. The maximum Gasteiger partial charge on any atom is 0.123 e. The van der Waals surface area contributed by atoms with Gasteiger partial charge in [0.05, 0.1) is 6.10 Å². The molecule has 1 atom stereocenters. The number of benzene rings is 1. The second kappa shape index (κ2) is 5.92. The third-order valence-electron chi connectivity index (χ3n) is 4.36. The highest BCUT2D eigenvalue weighted by atomic mass is 79.9. The van der Waals surface area contributed by atoms with E-state index >= 15 is 0 Å². The number of aliphatic hydroxyl groups excluding tert-OH is 1. The first-order valence-electron chi connectivity index (χ1n) is 6.99. The second-order valence-corrected chi connectivity index (χ2v) is 7.36. The maximum atomic E-state index is 13.2. The molecular weight excluding hydrogens is 307 g/mol. The van der Waals surface area contributed by atoms with Crippen LogP contribution in [0.15, 0.2) is 22.7 Å². The average Bonchev–Trinajstić information content (AvgIpc) is 2.33. The average molecular weight is 329 g/mol. The van der Waals surface area contributed by atoms with Gasteiger partial charge in [0.1, 0.15) is 5.82 Å². The number of aliphatic hydroxyl groups is 1. The third-order valence-corrected chi connectivity index (χ3v) is 5.14. The first-order valence-corrected chi connectivity index (χ1v) is 7.79. The Bertz CT molecular complexity index is 434. The zero-order chi connectivity index (χ0) is 14.0. The van der Waals surface area contributed by atoms with Crippen molar-refractivity contribution in [3.05, 3.63) is 34.1 Å². The van der Waals surface area contributed by atoms with E-state index in [9.17, 15) is 9.50 Å². The molecule has 1 nitrogen and oxygen atoms in total. The summed E-state index contributed by atoms with van der Waals surface area (Å²) in [6.45, 7) is 4.58. The van der Waals surface area contributed by atoms with Gasteiger partial charge in [0.15, 0.2) is 0 Å². The molecule has 0 aromatic heterocycles. The van der Waals surface area contributed by atoms with Crippen LogP contribution in [-0.2, 0) is 6.42 Å². The van der Waals surface area contributed by atoms with Crippen LogP contribution in [0.2, 0.25) is 0 Å². The first kappa shape index (κ1) is 15.0. The second-order valence-electron chi connectivity index (χ2n) is 6.51. The van der Waals surface area contributed by atoms with Gasteiger partial charge < -0.3 is 5.11 Å². The quantitative estimate of drug-likeness (QED) is 0.852. The molecule has 1 aliphatic carbocycles. The molecule has 0 aliphatic heterocycles. The van der Waals surface area contributed by atoms with Gasteiger partial charge in [-0.1, -0.05) is 29.8 Å². The Labute approximate surface area is 123 Å². The fourth-order valence-corrected chi connectivity index (χ4v) is 3.31. The van der Waals surface area contributed by atoms with E-state index < -0.39 is 0 Å². The lowest BCUT2D eigenvalue weighted by atomic mass is 9.71. The number of rotatable bonds is 3. The van der Waals surface area contributed by atoms with Crippen molar-refractivity contribution in [1.29, 1.82) is 0 Å². The van der Waals surface area contributed by atoms with Gasteiger partial charge in [-0.05, 0) is 67.2 Å². The monoisotopic (exact) mass is 328 g/mol. The van der Waals surface area contributed by atoms with Crippen molar-refractivity contribution in [2.45, 2.75) is 52.1 Å². The highest BCUT2D eigenvalue weighted by Gasteiger charge is 2.30. The van der Waals surface area contributed by atoms with E-state index in [2.05, 4.69) is 29.8 Å². The van der Waals surface area contributed by atoms with E-state index in [4.69, 9.17) is 0 Å². The Kier molecular flexibility index (Phi) is 4.67. The van der Waals surface area contributed by atoms with Crippen LogP contribution in [-0.4, -0.2) is 11.2 Å². The Hall–Kier alpha value is -0.410. The summed E-state index contributed by atoms with van der Waals surface area (Å²) in [6.07, 6.45) is 4.64. The predicted octanol–water partition coefficient (Wildman–Crippen LogP) is 4.71. The molecule has 1 aromatic carbocycles. The lowest BCUT2D eigenvalue weighted by molar-refractivity contribution is 0.0575. The maximum absolute atomic E-state index is 13.2. The lowest BCUT2D eigenvalue weighted by Gasteiger charge is -2.36. The summed E-state index contributed by atoms with van der Waals surface area (Å²) in [5.41, 5.74) is 1.27. The van der Waals surface area contributed by atoms with Crippen LogP contribution < -0.4 is 0 Å². The minimum atomic E-state index is -0.366. The molecule has 1 aliphatic rings. The minimum absolute atomic E-state index is 0.241. The van der Waals surface area contributed by atoms with Gasteiger partial charge in [-0.25, -0.2) is 4.39 Å². The molecule has 1 saturated carbocycles. The molecule has 106 valence electrons. The molecule has 1 unspecified atom stereocenters. The van der Waals surface area contributed by atoms with Crippen LogP contribution >= 0.6 is 15.9 Å². The van der Waals surface area contributed by atoms with Crippen molar-refractivity contribution < 1.29 is 9.50 Å². The molecule has 0 bridgehead atoms. The van der Waals surface area contributed by atoms with Gasteiger partial charge in [-0.2, -0.15) is 0 Å². The van der Waals surface area contributed by atoms with E-state index in [1.807, 2.05) is 0 Å². The summed E-state index contributed by atoms with van der Waals surface area (Å²) in [5.74, 6) is 0.110. The fraction of sp³-hybridized carbons (Fsp3) is 0.625. The molecule has 19 heavy (non-hydrogen) atoms. The van der Waals surface area contributed by atoms with Gasteiger partial charge in [-0.3, -0.25) is 0 Å². The smallest absolute Gasteiger partial charge is 0.123 e. The number of halogens is 2. The van der Waals surface area contributed by atoms with Crippen LogP contribution in [0.3, 0.4) is 0 Å². The summed E-state index contributed by atoms with van der Waals surface area (Å²) < 4.78 is 14.1. The normalized spacial score (nSPS) is 21.3. The summed E-state index contributed by atoms with van der Waals surface area (Å²) in [6, 6.07) is 4.66. The van der Waals surface area contributed by atoms with Crippen molar-refractivity contribution in [3.8, 4) is 0 Å². The zero-order valence-corrected chi connectivity index (χ0v) is 13.2. The van der Waals surface area contributed by atoms with E-state index in [-0.39, 0.29) is 11.9 Å².